The van der Waals surface area contributed by atoms with Crippen LogP contribution >= 0.6 is 0 Å². The van der Waals surface area contributed by atoms with E-state index in [1.54, 1.807) is 0 Å². The highest BCUT2D eigenvalue weighted by Crippen LogP contribution is 2.31. The van der Waals surface area contributed by atoms with Gasteiger partial charge in [0, 0.05) is 56.6 Å². The summed E-state index contributed by atoms with van der Waals surface area (Å²) >= 11 is 0. The van der Waals surface area contributed by atoms with Crippen LogP contribution in [0.1, 0.15) is 29.0 Å². The molecule has 29 heavy (non-hydrogen) atoms. The highest BCUT2D eigenvalue weighted by molar-refractivity contribution is 5.78. The van der Waals surface area contributed by atoms with Gasteiger partial charge in [0.25, 0.3) is 0 Å². The Balaban J connectivity index is 1.47. The summed E-state index contributed by atoms with van der Waals surface area (Å²) in [6.45, 7) is 5.36. The smallest absolute Gasteiger partial charge is 0.223 e. The molecule has 1 aliphatic rings. The number of piperazine rings is 1. The van der Waals surface area contributed by atoms with Gasteiger partial charge in [-0.15, -0.1) is 0 Å². The Kier molecular flexibility index (Phi) is 5.89. The molecule has 0 bridgehead atoms. The van der Waals surface area contributed by atoms with Gasteiger partial charge in [0.15, 0.2) is 0 Å². The van der Waals surface area contributed by atoms with Gasteiger partial charge >= 0.3 is 0 Å². The highest BCUT2D eigenvalue weighted by Gasteiger charge is 2.26. The first-order valence-corrected chi connectivity index (χ1v) is 10.3. The lowest BCUT2D eigenvalue weighted by molar-refractivity contribution is -0.131. The van der Waals surface area contributed by atoms with Crippen LogP contribution in [0.5, 0.6) is 0 Å². The number of carbonyl (C=O) groups excluding carboxylic acids is 1. The minimum absolute atomic E-state index is 0.0862. The predicted molar refractivity (Wildman–Crippen MR) is 117 cm³/mol. The number of aromatic nitrogens is 1. The normalized spacial score (nSPS) is 15.2. The third kappa shape index (κ3) is 4.48. The number of hydrogen-bond acceptors (Lipinski definition) is 3. The molecule has 4 heteroatoms. The first-order chi connectivity index (χ1) is 14.2. The van der Waals surface area contributed by atoms with Gasteiger partial charge in [-0.2, -0.15) is 0 Å². The molecule has 148 valence electrons. The van der Waals surface area contributed by atoms with Crippen molar-refractivity contribution >= 4 is 11.6 Å². The maximum Gasteiger partial charge on any atom is 0.223 e. The molecule has 0 saturated carbocycles. The minimum atomic E-state index is 0.0862. The SMILES string of the molecule is Cc1ccccc1C(CC(=O)N1CCN(c2ccncc2)CC1)c1ccccc1. The lowest BCUT2D eigenvalue weighted by Crippen LogP contribution is -2.49. The number of rotatable bonds is 5. The first-order valence-electron chi connectivity index (χ1n) is 10.3. The number of hydrogen-bond donors (Lipinski definition) is 0. The first kappa shape index (κ1) is 19.2. The Bertz CT molecular complexity index is 935. The standard InChI is InChI=1S/C25H27N3O/c1-20-7-5-6-10-23(20)24(21-8-3-2-4-9-21)19-25(29)28-17-15-27(16-18-28)22-11-13-26-14-12-22/h2-14,24H,15-19H2,1H3. The summed E-state index contributed by atoms with van der Waals surface area (Å²) in [7, 11) is 0. The summed E-state index contributed by atoms with van der Waals surface area (Å²) < 4.78 is 0. The van der Waals surface area contributed by atoms with Crippen molar-refractivity contribution in [1.29, 1.82) is 0 Å². The molecule has 0 radical (unpaired) electrons. The number of amides is 1. The Morgan fingerprint density at radius 1 is 0.897 bits per heavy atom. The molecule has 1 aliphatic heterocycles. The monoisotopic (exact) mass is 385 g/mol. The average molecular weight is 386 g/mol. The van der Waals surface area contributed by atoms with Gasteiger partial charge in [-0.25, -0.2) is 0 Å². The van der Waals surface area contributed by atoms with Crippen LogP contribution in [0.25, 0.3) is 0 Å². The summed E-state index contributed by atoms with van der Waals surface area (Å²) in [6.07, 6.45) is 4.14. The Morgan fingerprint density at radius 2 is 1.55 bits per heavy atom. The molecule has 0 aliphatic carbocycles. The second-order valence-electron chi connectivity index (χ2n) is 7.60. The van der Waals surface area contributed by atoms with Crippen molar-refractivity contribution in [2.45, 2.75) is 19.3 Å². The van der Waals surface area contributed by atoms with Crippen LogP contribution in [0.15, 0.2) is 79.1 Å². The third-order valence-corrected chi connectivity index (χ3v) is 5.80. The topological polar surface area (TPSA) is 36.4 Å². The van der Waals surface area contributed by atoms with Crippen LogP contribution in [0.2, 0.25) is 0 Å². The van der Waals surface area contributed by atoms with E-state index in [1.165, 1.54) is 22.4 Å². The summed E-state index contributed by atoms with van der Waals surface area (Å²) in [5.41, 5.74) is 4.85. The quantitative estimate of drug-likeness (QED) is 0.658. The van der Waals surface area contributed by atoms with E-state index in [-0.39, 0.29) is 11.8 Å². The van der Waals surface area contributed by atoms with Crippen LogP contribution in [0.3, 0.4) is 0 Å². The second kappa shape index (κ2) is 8.91. The zero-order valence-corrected chi connectivity index (χ0v) is 16.9. The Morgan fingerprint density at radius 3 is 2.24 bits per heavy atom. The van der Waals surface area contributed by atoms with E-state index in [4.69, 9.17) is 0 Å². The summed E-state index contributed by atoms with van der Waals surface area (Å²) in [5, 5.41) is 0. The van der Waals surface area contributed by atoms with Gasteiger partial charge in [-0.05, 0) is 35.7 Å². The fraction of sp³-hybridized carbons (Fsp3) is 0.280. The fourth-order valence-electron chi connectivity index (χ4n) is 4.14. The van der Waals surface area contributed by atoms with Crippen molar-refractivity contribution in [3.63, 3.8) is 0 Å². The van der Waals surface area contributed by atoms with Crippen molar-refractivity contribution in [2.75, 3.05) is 31.1 Å². The van der Waals surface area contributed by atoms with Gasteiger partial charge in [0.2, 0.25) is 5.91 Å². The van der Waals surface area contributed by atoms with Crippen molar-refractivity contribution in [3.05, 3.63) is 95.8 Å². The van der Waals surface area contributed by atoms with Gasteiger partial charge in [-0.3, -0.25) is 9.78 Å². The van der Waals surface area contributed by atoms with E-state index in [1.807, 2.05) is 35.5 Å². The number of aryl methyl sites for hydroxylation is 1. The van der Waals surface area contributed by atoms with Crippen molar-refractivity contribution in [2.24, 2.45) is 0 Å². The van der Waals surface area contributed by atoms with Crippen molar-refractivity contribution < 1.29 is 4.79 Å². The molecule has 1 fully saturated rings. The zero-order valence-electron chi connectivity index (χ0n) is 16.9. The third-order valence-electron chi connectivity index (χ3n) is 5.80. The molecule has 2 heterocycles. The predicted octanol–water partition coefficient (Wildman–Crippen LogP) is 4.26. The number of benzene rings is 2. The lowest BCUT2D eigenvalue weighted by Gasteiger charge is -2.36. The average Bonchev–Trinajstić information content (AvgIpc) is 2.79. The molecule has 0 N–H and O–H groups in total. The number of nitrogens with zero attached hydrogens (tertiary/aromatic N) is 3. The molecular weight excluding hydrogens is 358 g/mol. The van der Waals surface area contributed by atoms with Crippen LogP contribution in [0.4, 0.5) is 5.69 Å². The van der Waals surface area contributed by atoms with Gasteiger partial charge in [0.1, 0.15) is 0 Å². The summed E-state index contributed by atoms with van der Waals surface area (Å²) in [5.74, 6) is 0.319. The van der Waals surface area contributed by atoms with Crippen LogP contribution in [0, 0.1) is 6.92 Å². The zero-order chi connectivity index (χ0) is 20.1. The molecule has 1 atom stereocenters. The Labute approximate surface area is 172 Å². The van der Waals surface area contributed by atoms with Gasteiger partial charge < -0.3 is 9.80 Å². The van der Waals surface area contributed by atoms with Crippen LogP contribution in [-0.2, 0) is 4.79 Å². The highest BCUT2D eigenvalue weighted by atomic mass is 16.2. The van der Waals surface area contributed by atoms with Crippen LogP contribution in [-0.4, -0.2) is 42.0 Å². The molecular formula is C25H27N3O. The van der Waals surface area contributed by atoms with E-state index in [0.29, 0.717) is 6.42 Å². The van der Waals surface area contributed by atoms with Crippen LogP contribution < -0.4 is 4.90 Å². The summed E-state index contributed by atoms with van der Waals surface area (Å²) in [6, 6.07) is 22.9. The van der Waals surface area contributed by atoms with E-state index < -0.39 is 0 Å². The molecule has 4 rings (SSSR count). The van der Waals surface area contributed by atoms with Crippen molar-refractivity contribution in [3.8, 4) is 0 Å². The fourth-order valence-corrected chi connectivity index (χ4v) is 4.14. The molecule has 1 saturated heterocycles. The Hall–Kier alpha value is -3.14. The summed E-state index contributed by atoms with van der Waals surface area (Å²) in [4.78, 5) is 21.6. The number of anilines is 1. The van der Waals surface area contributed by atoms with E-state index in [9.17, 15) is 4.79 Å². The molecule has 3 aromatic rings. The molecule has 1 amide bonds. The van der Waals surface area contributed by atoms with Gasteiger partial charge in [0.05, 0.1) is 0 Å². The maximum absolute atomic E-state index is 13.2. The lowest BCUT2D eigenvalue weighted by atomic mass is 9.85. The van der Waals surface area contributed by atoms with E-state index >= 15 is 0 Å². The number of pyridine rings is 1. The molecule has 1 aromatic heterocycles. The molecule has 4 nitrogen and oxygen atoms in total. The van der Waals surface area contributed by atoms with E-state index in [2.05, 4.69) is 65.3 Å². The molecule has 2 aromatic carbocycles. The minimum Gasteiger partial charge on any atom is -0.368 e. The number of carbonyl (C=O) groups is 1. The molecule has 1 unspecified atom stereocenters. The van der Waals surface area contributed by atoms with Gasteiger partial charge in [-0.1, -0.05) is 54.6 Å². The van der Waals surface area contributed by atoms with Crippen molar-refractivity contribution in [1.82, 2.24) is 9.88 Å². The molecule has 0 spiro atoms. The maximum atomic E-state index is 13.2. The largest absolute Gasteiger partial charge is 0.368 e. The van der Waals surface area contributed by atoms with E-state index in [0.717, 1.165) is 26.2 Å². The second-order valence-corrected chi connectivity index (χ2v) is 7.60.